The molecule has 1 aliphatic heterocycles. The minimum absolute atomic E-state index is 0.120. The quantitative estimate of drug-likeness (QED) is 0.350. The van der Waals surface area contributed by atoms with Crippen LogP contribution in [0, 0.1) is 0 Å². The molecule has 0 aromatic heterocycles. The summed E-state index contributed by atoms with van der Waals surface area (Å²) < 4.78 is 23.7. The van der Waals surface area contributed by atoms with Crippen molar-refractivity contribution in [2.75, 3.05) is 20.3 Å². The van der Waals surface area contributed by atoms with Gasteiger partial charge in [-0.05, 0) is 40.1 Å². The molecule has 0 aliphatic carbocycles. The highest BCUT2D eigenvalue weighted by Crippen LogP contribution is 2.27. The van der Waals surface area contributed by atoms with Crippen molar-refractivity contribution in [2.45, 2.75) is 50.3 Å². The minimum Gasteiger partial charge on any atom is -0.388 e. The first kappa shape index (κ1) is 27.5. The van der Waals surface area contributed by atoms with Gasteiger partial charge in [-0.15, -0.1) is 0 Å². The zero-order valence-electron chi connectivity index (χ0n) is 20.7. The molecule has 3 aromatic carbocycles. The molecular formula is C28H33ClN2O6. The van der Waals surface area contributed by atoms with Crippen LogP contribution in [0.1, 0.15) is 17.5 Å². The molecule has 198 valence electrons. The Morgan fingerprint density at radius 3 is 2.46 bits per heavy atom. The number of aliphatic hydroxyl groups excluding tert-OH is 1. The third-order valence-corrected chi connectivity index (χ3v) is 6.54. The lowest BCUT2D eigenvalue weighted by atomic mass is 9.96. The lowest BCUT2D eigenvalue weighted by Crippen LogP contribution is -2.65. The highest BCUT2D eigenvalue weighted by atomic mass is 35.5. The van der Waals surface area contributed by atoms with E-state index in [0.29, 0.717) is 5.02 Å². The largest absolute Gasteiger partial charge is 0.388 e. The van der Waals surface area contributed by atoms with E-state index in [9.17, 15) is 9.90 Å². The molecule has 0 spiro atoms. The van der Waals surface area contributed by atoms with E-state index in [4.69, 9.17) is 36.3 Å². The molecule has 5 atom stereocenters. The van der Waals surface area contributed by atoms with Crippen molar-refractivity contribution >= 4 is 28.3 Å². The molecule has 2 unspecified atom stereocenters. The molecule has 0 saturated carbocycles. The molecule has 1 saturated heterocycles. The first-order valence-electron chi connectivity index (χ1n) is 12.3. The van der Waals surface area contributed by atoms with Crippen molar-refractivity contribution in [3.8, 4) is 0 Å². The average molecular weight is 529 g/mol. The SMILES string of the molecule is COC[C@H]1OC(OCc2ccc3ccccc3c2)C(NC(=O)CCN)[C@H](OCc2ccc(Cl)cc2)[C@@H]1O. The highest BCUT2D eigenvalue weighted by molar-refractivity contribution is 6.30. The molecule has 3 aromatic rings. The van der Waals surface area contributed by atoms with Gasteiger partial charge in [-0.2, -0.15) is 0 Å². The van der Waals surface area contributed by atoms with E-state index in [-0.39, 0.29) is 38.7 Å². The summed E-state index contributed by atoms with van der Waals surface area (Å²) >= 11 is 6.00. The molecule has 9 heteroatoms. The first-order valence-corrected chi connectivity index (χ1v) is 12.6. The van der Waals surface area contributed by atoms with Crippen LogP contribution in [-0.2, 0) is 37.0 Å². The Labute approximate surface area is 221 Å². The zero-order chi connectivity index (χ0) is 26.2. The van der Waals surface area contributed by atoms with E-state index in [1.54, 1.807) is 12.1 Å². The zero-order valence-corrected chi connectivity index (χ0v) is 21.5. The van der Waals surface area contributed by atoms with Gasteiger partial charge < -0.3 is 35.1 Å². The number of halogens is 1. The standard InChI is InChI=1S/C28H33ClN2O6/c1-34-17-23-26(33)27(35-15-18-7-10-22(29)11-8-18)25(31-24(32)12-13-30)28(37-23)36-16-19-6-9-20-4-2-3-5-21(20)14-19/h2-11,14,23,25-28,33H,12-13,15-17,30H2,1H3,(H,31,32)/t23-,25?,26-,27+,28?/m1/s1. The van der Waals surface area contributed by atoms with Crippen LogP contribution in [-0.4, -0.2) is 61.9 Å². The second-order valence-corrected chi connectivity index (χ2v) is 9.45. The molecule has 8 nitrogen and oxygen atoms in total. The van der Waals surface area contributed by atoms with E-state index in [1.165, 1.54) is 7.11 Å². The average Bonchev–Trinajstić information content (AvgIpc) is 2.90. The predicted molar refractivity (Wildman–Crippen MR) is 141 cm³/mol. The summed E-state index contributed by atoms with van der Waals surface area (Å²) in [5.74, 6) is -0.284. The van der Waals surface area contributed by atoms with Gasteiger partial charge in [0, 0.05) is 25.1 Å². The minimum atomic E-state index is -1.07. The Kier molecular flexibility index (Phi) is 9.88. The smallest absolute Gasteiger partial charge is 0.221 e. The van der Waals surface area contributed by atoms with Gasteiger partial charge in [0.1, 0.15) is 24.4 Å². The van der Waals surface area contributed by atoms with E-state index >= 15 is 0 Å². The number of hydrogen-bond acceptors (Lipinski definition) is 7. The fraction of sp³-hybridized carbons (Fsp3) is 0.393. The normalized spacial score (nSPS) is 23.7. The number of nitrogens with two attached hydrogens (primary N) is 1. The third-order valence-electron chi connectivity index (χ3n) is 6.29. The van der Waals surface area contributed by atoms with Crippen LogP contribution in [0.25, 0.3) is 10.8 Å². The Balaban J connectivity index is 1.55. The number of amides is 1. The Morgan fingerprint density at radius 1 is 1.03 bits per heavy atom. The maximum Gasteiger partial charge on any atom is 0.221 e. The van der Waals surface area contributed by atoms with Crippen molar-refractivity contribution in [1.29, 1.82) is 0 Å². The first-order chi connectivity index (χ1) is 18.0. The molecule has 0 radical (unpaired) electrons. The van der Waals surface area contributed by atoms with Crippen LogP contribution < -0.4 is 11.1 Å². The molecule has 1 amide bonds. The monoisotopic (exact) mass is 528 g/mol. The predicted octanol–water partition coefficient (Wildman–Crippen LogP) is 3.16. The summed E-state index contributed by atoms with van der Waals surface area (Å²) in [7, 11) is 1.53. The van der Waals surface area contributed by atoms with E-state index in [0.717, 1.165) is 21.9 Å². The lowest BCUT2D eigenvalue weighted by Gasteiger charge is -2.44. The van der Waals surface area contributed by atoms with Gasteiger partial charge in [0.25, 0.3) is 0 Å². The van der Waals surface area contributed by atoms with Gasteiger partial charge in [-0.1, -0.05) is 60.1 Å². The van der Waals surface area contributed by atoms with Crippen LogP contribution in [0.2, 0.25) is 5.02 Å². The highest BCUT2D eigenvalue weighted by Gasteiger charge is 2.47. The number of benzene rings is 3. The summed E-state index contributed by atoms with van der Waals surface area (Å²) in [5, 5.41) is 16.9. The van der Waals surface area contributed by atoms with Crippen molar-refractivity contribution in [3.63, 3.8) is 0 Å². The summed E-state index contributed by atoms with van der Waals surface area (Å²) in [6, 6.07) is 20.6. The molecule has 4 rings (SSSR count). The van der Waals surface area contributed by atoms with Gasteiger partial charge >= 0.3 is 0 Å². The van der Waals surface area contributed by atoms with Crippen molar-refractivity contribution in [1.82, 2.24) is 5.32 Å². The Morgan fingerprint density at radius 2 is 1.73 bits per heavy atom. The summed E-state index contributed by atoms with van der Waals surface area (Å²) in [6.07, 6.45) is -3.39. The maximum atomic E-state index is 12.6. The topological polar surface area (TPSA) is 112 Å². The van der Waals surface area contributed by atoms with Crippen LogP contribution >= 0.6 is 11.6 Å². The number of methoxy groups -OCH3 is 1. The summed E-state index contributed by atoms with van der Waals surface area (Å²) in [5.41, 5.74) is 7.40. The summed E-state index contributed by atoms with van der Waals surface area (Å²) in [6.45, 7) is 0.742. The number of carbonyl (C=O) groups excluding carboxylic acids is 1. The fourth-order valence-electron chi connectivity index (χ4n) is 4.38. The van der Waals surface area contributed by atoms with Crippen molar-refractivity contribution in [2.24, 2.45) is 5.73 Å². The van der Waals surface area contributed by atoms with Gasteiger partial charge in [0.15, 0.2) is 6.29 Å². The van der Waals surface area contributed by atoms with Crippen molar-refractivity contribution in [3.05, 3.63) is 82.9 Å². The second-order valence-electron chi connectivity index (χ2n) is 9.02. The number of fused-ring (bicyclic) bond motifs is 1. The second kappa shape index (κ2) is 13.3. The Bertz CT molecular complexity index is 1160. The van der Waals surface area contributed by atoms with Crippen molar-refractivity contribution < 1.29 is 28.8 Å². The third kappa shape index (κ3) is 7.27. The summed E-state index contributed by atoms with van der Waals surface area (Å²) in [4.78, 5) is 12.6. The van der Waals surface area contributed by atoms with Gasteiger partial charge in [0.05, 0.1) is 19.8 Å². The number of rotatable bonds is 11. The lowest BCUT2D eigenvalue weighted by molar-refractivity contribution is -0.282. The number of ether oxygens (including phenoxy) is 4. The molecule has 0 bridgehead atoms. The molecule has 1 aliphatic rings. The number of nitrogens with one attached hydrogen (secondary N) is 1. The Hall–Kier alpha value is -2.56. The number of aliphatic hydroxyl groups is 1. The number of carbonyl (C=O) groups is 1. The molecule has 4 N–H and O–H groups in total. The van der Waals surface area contributed by atoms with E-state index < -0.39 is 30.6 Å². The van der Waals surface area contributed by atoms with Gasteiger partial charge in [0.2, 0.25) is 5.91 Å². The van der Waals surface area contributed by atoms with E-state index in [2.05, 4.69) is 11.4 Å². The van der Waals surface area contributed by atoms with Crippen LogP contribution in [0.15, 0.2) is 66.7 Å². The fourth-order valence-corrected chi connectivity index (χ4v) is 4.51. The molecule has 37 heavy (non-hydrogen) atoms. The van der Waals surface area contributed by atoms with Crippen LogP contribution in [0.5, 0.6) is 0 Å². The maximum absolute atomic E-state index is 12.6. The van der Waals surface area contributed by atoms with Crippen LogP contribution in [0.4, 0.5) is 0 Å². The van der Waals surface area contributed by atoms with Gasteiger partial charge in [-0.3, -0.25) is 4.79 Å². The van der Waals surface area contributed by atoms with E-state index in [1.807, 2.05) is 48.5 Å². The number of hydrogen-bond donors (Lipinski definition) is 3. The molecular weight excluding hydrogens is 496 g/mol. The van der Waals surface area contributed by atoms with Gasteiger partial charge in [-0.25, -0.2) is 0 Å². The molecule has 1 fully saturated rings. The van der Waals surface area contributed by atoms with Crippen LogP contribution in [0.3, 0.4) is 0 Å². The molecule has 1 heterocycles.